The van der Waals surface area contributed by atoms with E-state index in [1.54, 1.807) is 24.3 Å². The van der Waals surface area contributed by atoms with E-state index in [9.17, 15) is 8.42 Å². The lowest BCUT2D eigenvalue weighted by Gasteiger charge is -1.93. The van der Waals surface area contributed by atoms with Crippen LogP contribution in [0.4, 0.5) is 0 Å². The molecule has 0 unspecified atom stereocenters. The Balaban J connectivity index is 2.46. The van der Waals surface area contributed by atoms with Gasteiger partial charge in [0, 0.05) is 0 Å². The number of fused-ring (bicyclic) bond motifs is 1. The maximum Gasteiger partial charge on any atom is 0.287 e. The molecule has 0 aliphatic rings. The van der Waals surface area contributed by atoms with Crippen molar-refractivity contribution in [2.24, 2.45) is 0 Å². The molecule has 1 N–H and O–H groups in total. The van der Waals surface area contributed by atoms with Gasteiger partial charge < -0.3 is 0 Å². The van der Waals surface area contributed by atoms with Crippen LogP contribution in [0, 0.1) is 0 Å². The highest BCUT2D eigenvalue weighted by Crippen LogP contribution is 2.07. The molecular weight excluding hydrogens is 206 g/mol. The fourth-order valence-corrected chi connectivity index (χ4v) is 1.52. The largest absolute Gasteiger partial charge is 0.287 e. The second-order valence-electron chi connectivity index (χ2n) is 2.77. The van der Waals surface area contributed by atoms with Crippen LogP contribution in [0.2, 0.25) is 0 Å². The highest BCUT2D eigenvalue weighted by atomic mass is 32.2. The lowest BCUT2D eigenvalue weighted by Crippen LogP contribution is -2.11. The first-order chi connectivity index (χ1) is 6.54. The number of benzene rings is 1. The molecule has 6 nitrogen and oxygen atoms in total. The molecule has 0 bridgehead atoms. The summed E-state index contributed by atoms with van der Waals surface area (Å²) in [5, 5.41) is 7.73. The first-order valence-corrected chi connectivity index (χ1v) is 5.40. The van der Waals surface area contributed by atoms with Gasteiger partial charge in [-0.05, 0) is 12.1 Å². The molecule has 0 atom stereocenters. The van der Waals surface area contributed by atoms with Crippen LogP contribution >= 0.6 is 0 Å². The molecule has 1 heterocycles. The zero-order chi connectivity index (χ0) is 10.2. The predicted octanol–water partition coefficient (Wildman–Crippen LogP) is 0.277. The van der Waals surface area contributed by atoms with Crippen LogP contribution in [-0.2, 0) is 16.0 Å². The summed E-state index contributed by atoms with van der Waals surface area (Å²) in [6, 6.07) is 6.97. The third-order valence-corrected chi connectivity index (χ3v) is 2.16. The van der Waals surface area contributed by atoms with Crippen LogP contribution in [0.15, 0.2) is 24.3 Å². The molecule has 0 saturated carbocycles. The second kappa shape index (κ2) is 3.03. The van der Waals surface area contributed by atoms with Gasteiger partial charge in [0.25, 0.3) is 10.1 Å². The van der Waals surface area contributed by atoms with Crippen molar-refractivity contribution in [2.75, 3.05) is 0 Å². The summed E-state index contributed by atoms with van der Waals surface area (Å²) >= 11 is 0. The minimum Gasteiger partial charge on any atom is -0.284 e. The molecule has 0 spiro atoms. The van der Waals surface area contributed by atoms with Crippen molar-refractivity contribution < 1.29 is 13.0 Å². The van der Waals surface area contributed by atoms with E-state index in [-0.39, 0.29) is 0 Å². The molecule has 1 aromatic carbocycles. The van der Waals surface area contributed by atoms with Crippen LogP contribution in [0.25, 0.3) is 11.0 Å². The summed E-state index contributed by atoms with van der Waals surface area (Å²) in [5.41, 5.74) is 1.19. The fraction of sp³-hybridized carbons (Fsp3) is 0.143. The molecule has 0 amide bonds. The molecule has 1 aromatic heterocycles. The topological polar surface area (TPSA) is 85.1 Å². The average Bonchev–Trinajstić information content (AvgIpc) is 2.42. The molecular formula is C7H7N3O3S. The maximum absolute atomic E-state index is 10.5. The summed E-state index contributed by atoms with van der Waals surface area (Å²) < 4.78 is 29.6. The summed E-state index contributed by atoms with van der Waals surface area (Å²) in [6.07, 6.45) is 0. The maximum atomic E-state index is 10.5. The Kier molecular flexibility index (Phi) is 1.97. The van der Waals surface area contributed by atoms with Crippen LogP contribution in [0.3, 0.4) is 0 Å². The zero-order valence-electron chi connectivity index (χ0n) is 7.03. The number of aromatic nitrogens is 3. The zero-order valence-corrected chi connectivity index (χ0v) is 7.85. The molecule has 0 fully saturated rings. The Hall–Kier alpha value is -1.47. The van der Waals surface area contributed by atoms with Gasteiger partial charge in [-0.2, -0.15) is 23.4 Å². The lowest BCUT2D eigenvalue weighted by molar-refractivity contribution is 0.459. The van der Waals surface area contributed by atoms with Crippen LogP contribution < -0.4 is 0 Å². The van der Waals surface area contributed by atoms with Crippen LogP contribution in [0.5, 0.6) is 0 Å². The van der Waals surface area contributed by atoms with E-state index in [1.165, 1.54) is 0 Å². The molecule has 0 aliphatic carbocycles. The third-order valence-electron chi connectivity index (χ3n) is 1.61. The van der Waals surface area contributed by atoms with Gasteiger partial charge in [0.15, 0.2) is 5.88 Å². The third kappa shape index (κ3) is 1.88. The van der Waals surface area contributed by atoms with E-state index in [0.717, 1.165) is 4.80 Å². The average molecular weight is 213 g/mol. The fourth-order valence-electron chi connectivity index (χ4n) is 1.11. The quantitative estimate of drug-likeness (QED) is 0.724. The van der Waals surface area contributed by atoms with Crippen LogP contribution in [-0.4, -0.2) is 28.0 Å². The van der Waals surface area contributed by atoms with Crippen molar-refractivity contribution in [3.05, 3.63) is 24.3 Å². The van der Waals surface area contributed by atoms with E-state index in [2.05, 4.69) is 10.2 Å². The van der Waals surface area contributed by atoms with E-state index in [0.29, 0.717) is 11.0 Å². The second-order valence-corrected chi connectivity index (χ2v) is 4.19. The molecule has 0 aliphatic heterocycles. The van der Waals surface area contributed by atoms with Crippen molar-refractivity contribution in [3.8, 4) is 0 Å². The van der Waals surface area contributed by atoms with E-state index in [1.807, 2.05) is 0 Å². The Bertz CT molecular complexity index is 527. The van der Waals surface area contributed by atoms with Gasteiger partial charge in [0.05, 0.1) is 0 Å². The van der Waals surface area contributed by atoms with Gasteiger partial charge in [-0.15, -0.1) is 0 Å². The molecule has 7 heteroatoms. The van der Waals surface area contributed by atoms with E-state index >= 15 is 0 Å². The van der Waals surface area contributed by atoms with Gasteiger partial charge in [0.1, 0.15) is 11.0 Å². The lowest BCUT2D eigenvalue weighted by atomic mass is 10.3. The normalized spacial score (nSPS) is 12.1. The molecule has 2 rings (SSSR count). The first-order valence-electron chi connectivity index (χ1n) is 3.80. The molecule has 0 saturated heterocycles. The smallest absolute Gasteiger partial charge is 0.284 e. The Morgan fingerprint density at radius 1 is 1.21 bits per heavy atom. The van der Waals surface area contributed by atoms with Gasteiger partial charge >= 0.3 is 0 Å². The Morgan fingerprint density at radius 3 is 2.14 bits per heavy atom. The van der Waals surface area contributed by atoms with Gasteiger partial charge in [-0.3, -0.25) is 4.55 Å². The summed E-state index contributed by atoms with van der Waals surface area (Å²) in [4.78, 5) is 0.944. The van der Waals surface area contributed by atoms with Crippen molar-refractivity contribution in [2.45, 2.75) is 5.88 Å². The minimum absolute atomic E-state index is 0.594. The standard InChI is InChI=1S/C7H7N3O3S/c11-14(12,13)5-10-8-6-3-1-2-4-7(6)9-10/h1-4H,5H2,(H,11,12,13). The van der Waals surface area contributed by atoms with Gasteiger partial charge in [-0.25, -0.2) is 0 Å². The molecule has 14 heavy (non-hydrogen) atoms. The monoisotopic (exact) mass is 213 g/mol. The van der Waals surface area contributed by atoms with Gasteiger partial charge in [0.2, 0.25) is 0 Å². The van der Waals surface area contributed by atoms with Crippen LogP contribution in [0.1, 0.15) is 0 Å². The molecule has 0 radical (unpaired) electrons. The van der Waals surface area contributed by atoms with Gasteiger partial charge in [-0.1, -0.05) is 12.1 Å². The Morgan fingerprint density at radius 2 is 1.71 bits per heavy atom. The molecule has 74 valence electrons. The summed E-state index contributed by atoms with van der Waals surface area (Å²) in [6.45, 7) is 0. The summed E-state index contributed by atoms with van der Waals surface area (Å²) in [5.74, 6) is -0.623. The highest BCUT2D eigenvalue weighted by molar-refractivity contribution is 7.84. The first kappa shape index (κ1) is 9.10. The SMILES string of the molecule is O=S(=O)(O)Cn1nc2ccccc2n1. The van der Waals surface area contributed by atoms with E-state index < -0.39 is 16.0 Å². The van der Waals surface area contributed by atoms with Crippen molar-refractivity contribution in [3.63, 3.8) is 0 Å². The molecule has 2 aromatic rings. The number of rotatable bonds is 2. The number of hydrogen-bond acceptors (Lipinski definition) is 4. The highest BCUT2D eigenvalue weighted by Gasteiger charge is 2.08. The predicted molar refractivity (Wildman–Crippen MR) is 49.1 cm³/mol. The van der Waals surface area contributed by atoms with Crippen molar-refractivity contribution in [1.29, 1.82) is 0 Å². The minimum atomic E-state index is -4.09. The van der Waals surface area contributed by atoms with Crippen molar-refractivity contribution in [1.82, 2.24) is 15.0 Å². The summed E-state index contributed by atoms with van der Waals surface area (Å²) in [7, 11) is -4.09. The van der Waals surface area contributed by atoms with E-state index in [4.69, 9.17) is 4.55 Å². The Labute approximate surface area is 79.9 Å². The number of hydrogen-bond donors (Lipinski definition) is 1. The van der Waals surface area contributed by atoms with Crippen molar-refractivity contribution >= 4 is 21.2 Å². The number of nitrogens with zero attached hydrogens (tertiary/aromatic N) is 3.